The number of nitrogens with one attached hydrogen (secondary N) is 2. The Balaban J connectivity index is 3.32. The number of esters is 1. The van der Waals surface area contributed by atoms with E-state index in [-0.39, 0.29) is 27.5 Å². The van der Waals surface area contributed by atoms with Crippen LogP contribution in [0.25, 0.3) is 0 Å². The molecule has 0 atom stereocenters. The van der Waals surface area contributed by atoms with Crippen LogP contribution in [0.15, 0.2) is 0 Å². The molecule has 1 rings (SSSR count). The van der Waals surface area contributed by atoms with Crippen molar-refractivity contribution in [3.8, 4) is 0 Å². The minimum Gasteiger partial charge on any atom is -0.478 e. The highest BCUT2D eigenvalue weighted by atomic mass is 127. The molecular formula is C12H9I3N2O7. The SMILES string of the molecule is COC(=O)CNC(=O)Nc1c(I)c(C(=O)O)c(I)c(C(=O)O)c1I. The number of carboxylic acid groups (broad SMARTS) is 2. The van der Waals surface area contributed by atoms with Gasteiger partial charge in [-0.3, -0.25) is 4.79 Å². The topological polar surface area (TPSA) is 142 Å². The van der Waals surface area contributed by atoms with Gasteiger partial charge in [-0.05, 0) is 67.8 Å². The molecule has 4 N–H and O–H groups in total. The molecule has 0 radical (unpaired) electrons. The van der Waals surface area contributed by atoms with Gasteiger partial charge in [0.1, 0.15) is 6.54 Å². The summed E-state index contributed by atoms with van der Waals surface area (Å²) >= 11 is 5.07. The van der Waals surface area contributed by atoms with E-state index in [4.69, 9.17) is 0 Å². The summed E-state index contributed by atoms with van der Waals surface area (Å²) < 4.78 is 4.78. The van der Waals surface area contributed by atoms with Crippen LogP contribution in [-0.2, 0) is 9.53 Å². The Morgan fingerprint density at radius 3 is 1.79 bits per heavy atom. The van der Waals surface area contributed by atoms with Gasteiger partial charge < -0.3 is 25.6 Å². The first-order chi connectivity index (χ1) is 11.1. The van der Waals surface area contributed by atoms with Gasteiger partial charge in [-0.25, -0.2) is 14.4 Å². The zero-order valence-corrected chi connectivity index (χ0v) is 18.2. The summed E-state index contributed by atoms with van der Waals surface area (Å²) in [6, 6.07) is -0.801. The van der Waals surface area contributed by atoms with Crippen LogP contribution in [0.1, 0.15) is 20.7 Å². The quantitative estimate of drug-likeness (QED) is 0.278. The maximum absolute atomic E-state index is 11.9. The van der Waals surface area contributed by atoms with E-state index in [1.54, 1.807) is 67.8 Å². The summed E-state index contributed by atoms with van der Waals surface area (Å²) in [7, 11) is 1.16. The Morgan fingerprint density at radius 2 is 1.42 bits per heavy atom. The van der Waals surface area contributed by atoms with Crippen LogP contribution in [0, 0.1) is 10.7 Å². The highest BCUT2D eigenvalue weighted by Crippen LogP contribution is 2.35. The monoisotopic (exact) mass is 674 g/mol. The number of carboxylic acids is 2. The van der Waals surface area contributed by atoms with Crippen LogP contribution in [0.3, 0.4) is 0 Å². The van der Waals surface area contributed by atoms with Gasteiger partial charge in [0.05, 0.1) is 31.1 Å². The fraction of sp³-hybridized carbons (Fsp3) is 0.167. The first-order valence-corrected chi connectivity index (χ1v) is 9.14. The number of methoxy groups -OCH3 is 1. The first-order valence-electron chi connectivity index (χ1n) is 5.90. The van der Waals surface area contributed by atoms with Crippen molar-refractivity contribution in [1.82, 2.24) is 5.32 Å². The number of carbonyl (C=O) groups is 4. The van der Waals surface area contributed by atoms with Gasteiger partial charge in [-0.2, -0.15) is 0 Å². The highest BCUT2D eigenvalue weighted by Gasteiger charge is 2.28. The lowest BCUT2D eigenvalue weighted by molar-refractivity contribution is -0.139. The number of hydrogen-bond acceptors (Lipinski definition) is 5. The zero-order valence-electron chi connectivity index (χ0n) is 11.8. The Hall–Kier alpha value is -0.910. The molecule has 0 aliphatic heterocycles. The molecule has 0 saturated heterocycles. The first kappa shape index (κ1) is 21.1. The van der Waals surface area contributed by atoms with Gasteiger partial charge >= 0.3 is 23.9 Å². The Morgan fingerprint density at radius 1 is 0.958 bits per heavy atom. The largest absolute Gasteiger partial charge is 0.478 e. The lowest BCUT2D eigenvalue weighted by Gasteiger charge is -2.16. The van der Waals surface area contributed by atoms with E-state index < -0.39 is 30.5 Å². The van der Waals surface area contributed by atoms with Crippen molar-refractivity contribution in [2.75, 3.05) is 19.0 Å². The molecule has 0 aromatic heterocycles. The number of benzene rings is 1. The molecule has 0 saturated carbocycles. The van der Waals surface area contributed by atoms with E-state index in [1.165, 1.54) is 0 Å². The van der Waals surface area contributed by atoms with Gasteiger partial charge in [0, 0.05) is 3.57 Å². The van der Waals surface area contributed by atoms with Gasteiger partial charge in [0.25, 0.3) is 0 Å². The van der Waals surface area contributed by atoms with Gasteiger partial charge in [-0.1, -0.05) is 0 Å². The number of rotatable bonds is 5. The van der Waals surface area contributed by atoms with Crippen molar-refractivity contribution in [3.05, 3.63) is 21.8 Å². The summed E-state index contributed by atoms with van der Waals surface area (Å²) in [5.74, 6) is -3.31. The van der Waals surface area contributed by atoms with Gasteiger partial charge in [0.15, 0.2) is 0 Å². The molecule has 9 nitrogen and oxygen atoms in total. The maximum Gasteiger partial charge on any atom is 0.337 e. The molecule has 0 aliphatic carbocycles. The molecular weight excluding hydrogens is 665 g/mol. The number of halogens is 3. The number of amides is 2. The van der Waals surface area contributed by atoms with Crippen molar-refractivity contribution >= 4 is 97.4 Å². The number of carbonyl (C=O) groups excluding carboxylic acids is 2. The molecule has 2 amide bonds. The maximum atomic E-state index is 11.9. The molecule has 24 heavy (non-hydrogen) atoms. The zero-order chi connectivity index (χ0) is 18.6. The number of aromatic carboxylic acids is 2. The average molecular weight is 674 g/mol. The summed E-state index contributed by atoms with van der Waals surface area (Å²) in [5, 5.41) is 23.2. The third kappa shape index (κ3) is 4.80. The standard InChI is InChI=1S/C12H9I3N2O7/c1-24-3(18)2-16-12(23)17-9-7(14)4(10(19)20)6(13)5(8(9)15)11(21)22/h2H2,1H3,(H,19,20)(H,21,22)(H2,16,17,23). The second-order valence-corrected chi connectivity index (χ2v) is 7.30. The smallest absolute Gasteiger partial charge is 0.337 e. The van der Waals surface area contributed by atoms with Crippen LogP contribution in [0.4, 0.5) is 10.5 Å². The van der Waals surface area contributed by atoms with Gasteiger partial charge in [-0.15, -0.1) is 0 Å². The molecule has 0 aliphatic rings. The van der Waals surface area contributed by atoms with E-state index in [2.05, 4.69) is 15.4 Å². The van der Waals surface area contributed by atoms with Crippen molar-refractivity contribution in [3.63, 3.8) is 0 Å². The van der Waals surface area contributed by atoms with E-state index in [0.29, 0.717) is 0 Å². The van der Waals surface area contributed by atoms with E-state index in [9.17, 15) is 29.4 Å². The minimum absolute atomic E-state index is 0.0359. The van der Waals surface area contributed by atoms with Crippen LogP contribution < -0.4 is 10.6 Å². The van der Waals surface area contributed by atoms with Crippen LogP contribution >= 0.6 is 67.8 Å². The van der Waals surface area contributed by atoms with Crippen LogP contribution in [0.2, 0.25) is 0 Å². The van der Waals surface area contributed by atoms with Gasteiger partial charge in [0.2, 0.25) is 0 Å². The Kier molecular flexibility index (Phi) is 7.90. The number of ether oxygens (including phenoxy) is 1. The second-order valence-electron chi connectivity index (χ2n) is 4.06. The molecule has 0 fully saturated rings. The predicted molar refractivity (Wildman–Crippen MR) is 108 cm³/mol. The summed E-state index contributed by atoms with van der Waals surface area (Å²) in [6.45, 7) is -0.391. The molecule has 1 aromatic carbocycles. The second kappa shape index (κ2) is 8.97. The molecule has 1 aromatic rings. The average Bonchev–Trinajstić information content (AvgIpc) is 2.48. The van der Waals surface area contributed by atoms with Crippen LogP contribution in [-0.4, -0.2) is 47.8 Å². The highest BCUT2D eigenvalue weighted by molar-refractivity contribution is 14.1. The summed E-state index contributed by atoms with van der Waals surface area (Å²) in [6.07, 6.45) is 0. The molecule has 0 bridgehead atoms. The molecule has 0 heterocycles. The number of hydrogen-bond donors (Lipinski definition) is 4. The van der Waals surface area contributed by atoms with Crippen molar-refractivity contribution in [2.45, 2.75) is 0 Å². The number of anilines is 1. The van der Waals surface area contributed by atoms with Crippen LogP contribution in [0.5, 0.6) is 0 Å². The Bertz CT molecular complexity index is 695. The lowest BCUT2D eigenvalue weighted by Crippen LogP contribution is -2.34. The van der Waals surface area contributed by atoms with Crippen molar-refractivity contribution in [2.24, 2.45) is 0 Å². The summed E-state index contributed by atoms with van der Waals surface area (Å²) in [5.41, 5.74) is -0.414. The molecule has 12 heteroatoms. The fourth-order valence-electron chi connectivity index (χ4n) is 1.53. The fourth-order valence-corrected chi connectivity index (χ4v) is 5.89. The van der Waals surface area contributed by atoms with E-state index >= 15 is 0 Å². The Labute approximate surface area is 176 Å². The molecule has 0 unspecified atom stereocenters. The minimum atomic E-state index is -1.32. The van der Waals surface area contributed by atoms with E-state index in [0.717, 1.165) is 7.11 Å². The van der Waals surface area contributed by atoms with Crippen molar-refractivity contribution in [1.29, 1.82) is 0 Å². The number of urea groups is 1. The summed E-state index contributed by atoms with van der Waals surface area (Å²) in [4.78, 5) is 45.7. The predicted octanol–water partition coefficient (Wildman–Crippen LogP) is 2.19. The third-order valence-corrected chi connectivity index (χ3v) is 5.84. The normalized spacial score (nSPS) is 10.0. The molecule has 130 valence electrons. The van der Waals surface area contributed by atoms with E-state index in [1.807, 2.05) is 0 Å². The molecule has 0 spiro atoms. The lowest BCUT2D eigenvalue weighted by atomic mass is 10.1. The van der Waals surface area contributed by atoms with Crippen molar-refractivity contribution < 1.29 is 34.1 Å². The third-order valence-electron chi connectivity index (χ3n) is 2.60.